The number of rotatable bonds is 7. The molecule has 0 amide bonds. The van der Waals surface area contributed by atoms with Crippen LogP contribution in [-0.2, 0) is 11.3 Å². The van der Waals surface area contributed by atoms with Gasteiger partial charge in [-0.3, -0.25) is 9.78 Å². The van der Waals surface area contributed by atoms with E-state index in [1.54, 1.807) is 31.0 Å². The summed E-state index contributed by atoms with van der Waals surface area (Å²) in [6.07, 6.45) is 6.65. The first kappa shape index (κ1) is 19.0. The van der Waals surface area contributed by atoms with Crippen molar-refractivity contribution in [1.82, 2.24) is 4.98 Å². The monoisotopic (exact) mass is 409 g/mol. The van der Waals surface area contributed by atoms with E-state index in [-0.39, 0.29) is 12.6 Å². The number of pyridine rings is 1. The maximum absolute atomic E-state index is 13.4. The summed E-state index contributed by atoms with van der Waals surface area (Å²) in [7, 11) is 0. The average molecular weight is 409 g/mol. The van der Waals surface area contributed by atoms with E-state index in [0.29, 0.717) is 23.5 Å². The normalized spacial score (nSPS) is 12.8. The second-order valence-corrected chi connectivity index (χ2v) is 7.14. The molecule has 4 aromatic rings. The van der Waals surface area contributed by atoms with E-state index in [0.717, 1.165) is 27.8 Å². The van der Waals surface area contributed by atoms with E-state index in [2.05, 4.69) is 4.98 Å². The van der Waals surface area contributed by atoms with Crippen LogP contribution in [0.2, 0.25) is 0 Å². The van der Waals surface area contributed by atoms with Gasteiger partial charge in [0.05, 0.1) is 19.1 Å². The van der Waals surface area contributed by atoms with Gasteiger partial charge in [-0.2, -0.15) is 0 Å². The Kier molecular flexibility index (Phi) is 5.17. The smallest absolute Gasteiger partial charge is 0.195 e. The fraction of sp³-hybridized carbons (Fsp3) is 0.0769. The Bertz CT molecular complexity index is 1230. The summed E-state index contributed by atoms with van der Waals surface area (Å²) in [5, 5.41) is 0. The van der Waals surface area contributed by atoms with Crippen molar-refractivity contribution < 1.29 is 18.7 Å². The minimum atomic E-state index is -0.0603. The van der Waals surface area contributed by atoms with Gasteiger partial charge in [0.1, 0.15) is 5.75 Å². The lowest BCUT2D eigenvalue weighted by molar-refractivity contribution is 0.00501. The van der Waals surface area contributed by atoms with E-state index in [1.165, 1.54) is 0 Å². The zero-order valence-corrected chi connectivity index (χ0v) is 16.7. The number of benzene rings is 2. The first-order valence-corrected chi connectivity index (χ1v) is 9.92. The van der Waals surface area contributed by atoms with Crippen molar-refractivity contribution in [2.75, 3.05) is 6.79 Å². The number of carbonyl (C=O) groups excluding carboxylic acids is 1. The van der Waals surface area contributed by atoms with Gasteiger partial charge in [-0.05, 0) is 41.5 Å². The quantitative estimate of drug-likeness (QED) is 0.303. The number of ketones is 1. The Labute approximate surface area is 179 Å². The molecule has 2 aromatic carbocycles. The van der Waals surface area contributed by atoms with Gasteiger partial charge in [0.25, 0.3) is 0 Å². The predicted octanol–water partition coefficient (Wildman–Crippen LogP) is 5.38. The largest absolute Gasteiger partial charge is 0.472 e. The molecular weight excluding hydrogens is 390 g/mol. The molecule has 2 aromatic heterocycles. The number of hydrogen-bond acceptors (Lipinski definition) is 5. The van der Waals surface area contributed by atoms with Gasteiger partial charge in [0.2, 0.25) is 0 Å². The third-order valence-electron chi connectivity index (χ3n) is 5.16. The number of fused-ring (bicyclic) bond motifs is 1. The maximum Gasteiger partial charge on any atom is 0.195 e. The summed E-state index contributed by atoms with van der Waals surface area (Å²) in [6.45, 7) is 0.557. The molecule has 1 aliphatic rings. The number of allylic oxidation sites excluding steroid dienone is 1. The molecule has 5 heteroatoms. The van der Waals surface area contributed by atoms with Crippen LogP contribution < -0.4 is 4.74 Å². The molecule has 5 nitrogen and oxygen atoms in total. The van der Waals surface area contributed by atoms with Crippen LogP contribution in [0.5, 0.6) is 5.75 Å². The van der Waals surface area contributed by atoms with E-state index < -0.39 is 0 Å². The molecule has 2 heterocycles. The molecule has 0 saturated carbocycles. The summed E-state index contributed by atoms with van der Waals surface area (Å²) in [5.41, 5.74) is 5.60. The van der Waals surface area contributed by atoms with Gasteiger partial charge in [0.15, 0.2) is 12.6 Å². The lowest BCUT2D eigenvalue weighted by atomic mass is 9.97. The molecule has 0 N–H and O–H groups in total. The minimum absolute atomic E-state index is 0.0603. The number of Topliss-reactive ketones (excluding diaryl/α,β-unsaturated/α-hetero) is 1. The van der Waals surface area contributed by atoms with Crippen LogP contribution in [0.1, 0.15) is 32.6 Å². The fourth-order valence-electron chi connectivity index (χ4n) is 3.74. The van der Waals surface area contributed by atoms with Crippen LogP contribution in [0, 0.1) is 0 Å². The van der Waals surface area contributed by atoms with Crippen LogP contribution >= 0.6 is 0 Å². The lowest BCUT2D eigenvalue weighted by Crippen LogP contribution is -2.04. The minimum Gasteiger partial charge on any atom is -0.472 e. The van der Waals surface area contributed by atoms with Crippen molar-refractivity contribution in [3.63, 3.8) is 0 Å². The molecule has 5 rings (SSSR count). The van der Waals surface area contributed by atoms with Crippen LogP contribution in [0.15, 0.2) is 96.1 Å². The molecule has 1 aliphatic carbocycles. The predicted molar refractivity (Wildman–Crippen MR) is 116 cm³/mol. The number of furan rings is 1. The Morgan fingerprint density at radius 1 is 0.871 bits per heavy atom. The summed E-state index contributed by atoms with van der Waals surface area (Å²) in [5.74, 6) is 0.522. The van der Waals surface area contributed by atoms with Crippen LogP contribution in [0.3, 0.4) is 0 Å². The number of aromatic nitrogens is 1. The zero-order chi connectivity index (χ0) is 21.0. The van der Waals surface area contributed by atoms with Crippen molar-refractivity contribution >= 4 is 16.9 Å². The van der Waals surface area contributed by atoms with Gasteiger partial charge >= 0.3 is 0 Å². The third-order valence-corrected chi connectivity index (χ3v) is 5.16. The van der Waals surface area contributed by atoms with Gasteiger partial charge < -0.3 is 13.9 Å². The number of ether oxygens (including phenoxy) is 2. The Balaban J connectivity index is 1.39. The second kappa shape index (κ2) is 8.42. The molecule has 0 fully saturated rings. The van der Waals surface area contributed by atoms with Gasteiger partial charge in [-0.25, -0.2) is 0 Å². The highest BCUT2D eigenvalue weighted by atomic mass is 16.7. The topological polar surface area (TPSA) is 61.6 Å². The molecule has 31 heavy (non-hydrogen) atoms. The van der Waals surface area contributed by atoms with Gasteiger partial charge in [-0.15, -0.1) is 0 Å². The van der Waals surface area contributed by atoms with E-state index in [9.17, 15) is 4.79 Å². The molecule has 0 unspecified atom stereocenters. The highest BCUT2D eigenvalue weighted by Crippen LogP contribution is 2.43. The summed E-state index contributed by atoms with van der Waals surface area (Å²) in [6, 6.07) is 21.0. The molecule has 0 radical (unpaired) electrons. The fourth-order valence-corrected chi connectivity index (χ4v) is 3.74. The van der Waals surface area contributed by atoms with E-state index in [4.69, 9.17) is 13.9 Å². The van der Waals surface area contributed by atoms with Crippen LogP contribution in [-0.4, -0.2) is 17.6 Å². The standard InChI is InChI=1S/C26H19NO4/c28-26-23-13-21(31-17-30-15-18-5-2-1-3-6-18)8-9-22(23)24(20-10-12-29-16-20)25(26)19-7-4-11-27-14-19/h1-14,16H,15,17H2. The third kappa shape index (κ3) is 3.79. The zero-order valence-electron chi connectivity index (χ0n) is 16.7. The molecule has 0 saturated heterocycles. The number of nitrogens with zero attached hydrogens (tertiary/aromatic N) is 1. The average Bonchev–Trinajstić information content (AvgIpc) is 3.44. The Hall–Kier alpha value is -3.96. The van der Waals surface area contributed by atoms with Crippen molar-refractivity contribution in [3.8, 4) is 5.75 Å². The first-order valence-electron chi connectivity index (χ1n) is 9.92. The van der Waals surface area contributed by atoms with Gasteiger partial charge in [-0.1, -0.05) is 36.4 Å². The number of hydrogen-bond donors (Lipinski definition) is 0. The first-order chi connectivity index (χ1) is 15.3. The molecule has 0 spiro atoms. The number of carbonyl (C=O) groups is 1. The van der Waals surface area contributed by atoms with E-state index >= 15 is 0 Å². The summed E-state index contributed by atoms with van der Waals surface area (Å²) < 4.78 is 16.6. The summed E-state index contributed by atoms with van der Waals surface area (Å²) >= 11 is 0. The highest BCUT2D eigenvalue weighted by Gasteiger charge is 2.32. The molecule has 152 valence electrons. The Morgan fingerprint density at radius 3 is 2.55 bits per heavy atom. The van der Waals surface area contributed by atoms with Crippen molar-refractivity contribution in [2.24, 2.45) is 0 Å². The Morgan fingerprint density at radius 2 is 1.77 bits per heavy atom. The van der Waals surface area contributed by atoms with E-state index in [1.807, 2.05) is 60.7 Å². The van der Waals surface area contributed by atoms with Crippen molar-refractivity contribution in [2.45, 2.75) is 6.61 Å². The van der Waals surface area contributed by atoms with Gasteiger partial charge in [0, 0.05) is 40.2 Å². The highest BCUT2D eigenvalue weighted by molar-refractivity contribution is 6.41. The maximum atomic E-state index is 13.4. The van der Waals surface area contributed by atoms with Crippen molar-refractivity contribution in [3.05, 3.63) is 119 Å². The SMILES string of the molecule is O=C1C(c2cccnc2)=C(c2ccoc2)c2ccc(OCOCc3ccccc3)cc21. The van der Waals surface area contributed by atoms with Crippen LogP contribution in [0.4, 0.5) is 0 Å². The molecule has 0 atom stereocenters. The van der Waals surface area contributed by atoms with Crippen LogP contribution in [0.25, 0.3) is 11.1 Å². The molecular formula is C26H19NO4. The molecule has 0 bridgehead atoms. The van der Waals surface area contributed by atoms with Crippen molar-refractivity contribution in [1.29, 1.82) is 0 Å². The molecule has 0 aliphatic heterocycles. The lowest BCUT2D eigenvalue weighted by Gasteiger charge is -2.09. The second-order valence-electron chi connectivity index (χ2n) is 7.14. The summed E-state index contributed by atoms with van der Waals surface area (Å²) in [4.78, 5) is 17.6.